The third-order valence-corrected chi connectivity index (χ3v) is 8.65. The molecule has 5 aromatic rings. The molecule has 0 aliphatic carbocycles. The van der Waals surface area contributed by atoms with Gasteiger partial charge in [0.1, 0.15) is 30.1 Å². The summed E-state index contributed by atoms with van der Waals surface area (Å²) >= 11 is 0. The number of hydrogen-bond acceptors (Lipinski definition) is 9. The first-order valence-corrected chi connectivity index (χ1v) is 17.0. The topological polar surface area (TPSA) is 123 Å². The first kappa shape index (κ1) is 36.1. The summed E-state index contributed by atoms with van der Waals surface area (Å²) in [7, 11) is 1.58. The van der Waals surface area contributed by atoms with Gasteiger partial charge in [-0.1, -0.05) is 127 Å². The van der Waals surface area contributed by atoms with Crippen molar-refractivity contribution in [2.45, 2.75) is 69.6 Å². The number of nitrogens with zero attached hydrogens (tertiary/aromatic N) is 3. The summed E-state index contributed by atoms with van der Waals surface area (Å²) in [4.78, 5) is 12.1. The van der Waals surface area contributed by atoms with Gasteiger partial charge < -0.3 is 33.5 Å². The number of aliphatic carboxylic acids is 1. The Hall–Kier alpha value is -4.75. The van der Waals surface area contributed by atoms with Crippen molar-refractivity contribution in [2.24, 2.45) is 0 Å². The van der Waals surface area contributed by atoms with Gasteiger partial charge in [-0.2, -0.15) is 0 Å². The molecule has 266 valence electrons. The molecule has 1 aromatic heterocycles. The van der Waals surface area contributed by atoms with Crippen molar-refractivity contribution in [1.82, 2.24) is 15.0 Å². The van der Waals surface area contributed by atoms with Crippen molar-refractivity contribution in [3.05, 3.63) is 155 Å². The average Bonchev–Trinajstić information content (AvgIpc) is 3.64. The molecule has 2 heterocycles. The maximum atomic E-state index is 12.1. The summed E-state index contributed by atoms with van der Waals surface area (Å²) in [5.74, 6) is -0.999. The molecule has 0 unspecified atom stereocenters. The Bertz CT molecular complexity index is 1740. The molecule has 1 saturated heterocycles. The van der Waals surface area contributed by atoms with Crippen LogP contribution in [0.4, 0.5) is 0 Å². The Morgan fingerprint density at radius 3 is 1.71 bits per heavy atom. The van der Waals surface area contributed by atoms with Gasteiger partial charge in [0.2, 0.25) is 0 Å². The standard InChI is InChI=1S/C40H43N3O8/c1-46-40-38(50-26-32-20-12-5-13-21-32)37(49-25-31-18-10-4-11-19-31)36(48-24-30-16-8-3-9-17-30)35(51-40)28-47-27-33-23-43(42-41-33)34(39(44)45)22-29-14-6-2-7-15-29/h2-21,23,34-38,40H,22,24-28H2,1H3,(H,44,45)/t34-,35+,36+,37-,38+,40-/m0/s1. The highest BCUT2D eigenvalue weighted by Crippen LogP contribution is 2.31. The van der Waals surface area contributed by atoms with Crippen molar-refractivity contribution in [2.75, 3.05) is 13.7 Å². The first-order chi connectivity index (χ1) is 25.1. The second kappa shape index (κ2) is 18.5. The highest BCUT2D eigenvalue weighted by Gasteiger charge is 2.48. The lowest BCUT2D eigenvalue weighted by atomic mass is 9.97. The van der Waals surface area contributed by atoms with Gasteiger partial charge in [-0.3, -0.25) is 0 Å². The van der Waals surface area contributed by atoms with E-state index in [0.717, 1.165) is 22.3 Å². The normalized spacial score (nSPS) is 20.9. The second-order valence-electron chi connectivity index (χ2n) is 12.3. The molecule has 1 aliphatic heterocycles. The van der Waals surface area contributed by atoms with Crippen LogP contribution >= 0.6 is 0 Å². The van der Waals surface area contributed by atoms with Gasteiger partial charge in [-0.05, 0) is 22.3 Å². The summed E-state index contributed by atoms with van der Waals surface area (Å²) in [5.41, 5.74) is 4.37. The summed E-state index contributed by atoms with van der Waals surface area (Å²) < 4.78 is 39.7. The zero-order valence-electron chi connectivity index (χ0n) is 28.5. The molecule has 1 N–H and O–H groups in total. The van der Waals surface area contributed by atoms with Crippen molar-refractivity contribution in [3.63, 3.8) is 0 Å². The van der Waals surface area contributed by atoms with Crippen LogP contribution in [0, 0.1) is 0 Å². The molecule has 0 radical (unpaired) electrons. The SMILES string of the molecule is CO[C@H]1O[C@H](COCc2cn([C@@H](Cc3ccccc3)C(=O)O)nn2)[C@@H](OCc2ccccc2)[C@H](OCc2ccccc2)[C@H]1OCc1ccccc1. The molecule has 11 heteroatoms. The lowest BCUT2D eigenvalue weighted by Crippen LogP contribution is -2.61. The third-order valence-electron chi connectivity index (χ3n) is 8.65. The summed E-state index contributed by atoms with van der Waals surface area (Å²) in [5, 5.41) is 18.2. The minimum atomic E-state index is -0.999. The molecular weight excluding hydrogens is 650 g/mol. The van der Waals surface area contributed by atoms with Gasteiger partial charge in [0.05, 0.1) is 39.2 Å². The fourth-order valence-electron chi connectivity index (χ4n) is 6.01. The average molecular weight is 694 g/mol. The summed E-state index contributed by atoms with van der Waals surface area (Å²) in [6, 6.07) is 38.2. The molecule has 6 atom stereocenters. The Morgan fingerprint density at radius 2 is 1.20 bits per heavy atom. The third kappa shape index (κ3) is 10.2. The molecule has 0 bridgehead atoms. The van der Waals surface area contributed by atoms with E-state index in [1.165, 1.54) is 4.68 Å². The van der Waals surface area contributed by atoms with E-state index in [1.54, 1.807) is 13.3 Å². The van der Waals surface area contributed by atoms with Crippen molar-refractivity contribution in [1.29, 1.82) is 0 Å². The molecule has 11 nitrogen and oxygen atoms in total. The van der Waals surface area contributed by atoms with Gasteiger partial charge in [0.25, 0.3) is 0 Å². The number of hydrogen-bond donors (Lipinski definition) is 1. The molecule has 0 spiro atoms. The fraction of sp³-hybridized carbons (Fsp3) is 0.325. The smallest absolute Gasteiger partial charge is 0.328 e. The maximum absolute atomic E-state index is 12.1. The second-order valence-corrected chi connectivity index (χ2v) is 12.3. The Morgan fingerprint density at radius 1 is 0.706 bits per heavy atom. The van der Waals surface area contributed by atoms with Crippen LogP contribution in [0.1, 0.15) is 34.0 Å². The maximum Gasteiger partial charge on any atom is 0.328 e. The highest BCUT2D eigenvalue weighted by atomic mass is 16.7. The van der Waals surface area contributed by atoms with E-state index < -0.39 is 42.7 Å². The number of carboxylic acid groups (broad SMARTS) is 1. The number of carboxylic acids is 1. The number of carbonyl (C=O) groups is 1. The Labute approximate surface area is 297 Å². The molecule has 4 aromatic carbocycles. The zero-order valence-corrected chi connectivity index (χ0v) is 28.5. The number of methoxy groups -OCH3 is 1. The zero-order chi connectivity index (χ0) is 35.3. The van der Waals surface area contributed by atoms with Crippen LogP contribution in [0.25, 0.3) is 0 Å². The lowest BCUT2D eigenvalue weighted by Gasteiger charge is -2.45. The lowest BCUT2D eigenvalue weighted by molar-refractivity contribution is -0.323. The number of rotatable bonds is 18. The van der Waals surface area contributed by atoms with Crippen LogP contribution in [-0.4, -0.2) is 70.5 Å². The summed E-state index contributed by atoms with van der Waals surface area (Å²) in [6.07, 6.45) is -1.37. The van der Waals surface area contributed by atoms with Crippen molar-refractivity contribution < 1.29 is 38.3 Å². The quantitative estimate of drug-likeness (QED) is 0.121. The Balaban J connectivity index is 1.19. The fourth-order valence-corrected chi connectivity index (χ4v) is 6.01. The highest BCUT2D eigenvalue weighted by molar-refractivity contribution is 5.72. The van der Waals surface area contributed by atoms with Crippen molar-refractivity contribution >= 4 is 5.97 Å². The molecule has 0 amide bonds. The van der Waals surface area contributed by atoms with E-state index in [9.17, 15) is 9.90 Å². The van der Waals surface area contributed by atoms with Crippen LogP contribution in [-0.2, 0) is 66.1 Å². The molecule has 0 saturated carbocycles. The van der Waals surface area contributed by atoms with Crippen LogP contribution in [0.5, 0.6) is 0 Å². The van der Waals surface area contributed by atoms with Crippen LogP contribution in [0.15, 0.2) is 128 Å². The van der Waals surface area contributed by atoms with Gasteiger partial charge in [0.15, 0.2) is 12.3 Å². The van der Waals surface area contributed by atoms with Crippen molar-refractivity contribution in [3.8, 4) is 0 Å². The van der Waals surface area contributed by atoms with E-state index >= 15 is 0 Å². The Kier molecular flexibility index (Phi) is 13.1. The largest absolute Gasteiger partial charge is 0.480 e. The van der Waals surface area contributed by atoms with Crippen LogP contribution in [0.3, 0.4) is 0 Å². The van der Waals surface area contributed by atoms with Gasteiger partial charge in [0, 0.05) is 13.5 Å². The molecular formula is C40H43N3O8. The minimum absolute atomic E-state index is 0.0735. The predicted molar refractivity (Wildman–Crippen MR) is 187 cm³/mol. The number of ether oxygens (including phenoxy) is 6. The number of benzene rings is 4. The van der Waals surface area contributed by atoms with Gasteiger partial charge >= 0.3 is 5.97 Å². The van der Waals surface area contributed by atoms with Crippen LogP contribution < -0.4 is 0 Å². The molecule has 1 fully saturated rings. The first-order valence-electron chi connectivity index (χ1n) is 17.0. The molecule has 1 aliphatic rings. The van der Waals surface area contributed by atoms with E-state index in [4.69, 9.17) is 28.4 Å². The monoisotopic (exact) mass is 693 g/mol. The van der Waals surface area contributed by atoms with E-state index in [1.807, 2.05) is 121 Å². The minimum Gasteiger partial charge on any atom is -0.480 e. The van der Waals surface area contributed by atoms with E-state index in [-0.39, 0.29) is 19.6 Å². The summed E-state index contributed by atoms with van der Waals surface area (Å²) in [6.45, 7) is 1.14. The van der Waals surface area contributed by atoms with Gasteiger partial charge in [-0.15, -0.1) is 5.10 Å². The molecule has 51 heavy (non-hydrogen) atoms. The number of aromatic nitrogens is 3. The molecule has 6 rings (SSSR count). The van der Waals surface area contributed by atoms with Gasteiger partial charge in [-0.25, -0.2) is 9.48 Å². The van der Waals surface area contributed by atoms with E-state index in [0.29, 0.717) is 25.5 Å². The predicted octanol–water partition coefficient (Wildman–Crippen LogP) is 5.79. The van der Waals surface area contributed by atoms with Crippen LogP contribution in [0.2, 0.25) is 0 Å². The van der Waals surface area contributed by atoms with E-state index in [2.05, 4.69) is 10.3 Å².